The van der Waals surface area contributed by atoms with Gasteiger partial charge < -0.3 is 30.4 Å². The summed E-state index contributed by atoms with van der Waals surface area (Å²) in [6.07, 6.45) is 5.46. The summed E-state index contributed by atoms with van der Waals surface area (Å²) in [5.41, 5.74) is 15.3. The number of anilines is 2. The van der Waals surface area contributed by atoms with Gasteiger partial charge in [-0.05, 0) is 67.5 Å². The topological polar surface area (TPSA) is 139 Å². The predicted octanol–water partition coefficient (Wildman–Crippen LogP) is 4.74. The number of nitrogen functional groups attached to an aromatic ring is 2. The van der Waals surface area contributed by atoms with Gasteiger partial charge >= 0.3 is 0 Å². The van der Waals surface area contributed by atoms with Gasteiger partial charge in [-0.25, -0.2) is 4.98 Å². The molecule has 0 radical (unpaired) electrons. The van der Waals surface area contributed by atoms with Gasteiger partial charge in [-0.2, -0.15) is 10.2 Å². The minimum absolute atomic E-state index is 0.0241. The summed E-state index contributed by atoms with van der Waals surface area (Å²) < 4.78 is 23.3. The van der Waals surface area contributed by atoms with Crippen LogP contribution in [0.5, 0.6) is 17.2 Å². The number of methoxy groups -OCH3 is 1. The van der Waals surface area contributed by atoms with Gasteiger partial charge in [-0.3, -0.25) is 0 Å². The average Bonchev–Trinajstić information content (AvgIpc) is 3.32. The largest absolute Gasteiger partial charge is 0.493 e. The van der Waals surface area contributed by atoms with E-state index in [0.29, 0.717) is 42.7 Å². The number of hydrogen-bond acceptors (Lipinski definition) is 9. The van der Waals surface area contributed by atoms with Crippen LogP contribution in [0.1, 0.15) is 43.7 Å². The van der Waals surface area contributed by atoms with Crippen molar-refractivity contribution in [2.75, 3.05) is 32.0 Å². The molecule has 1 aromatic heterocycles. The standard InChI is InChI=1S/C28H33N5O4/c1-3-35-24-14-19(12-21-16-32-28(31)33-27(21)30)15-25(37-23-7-4-18(13-23)10-11-29)26(24)20-5-8-22(9-6-20)36-17-34-2/h5-6,8-9,14-16,18,23H,3-4,7,10,12-13,17H2,1-2H3,(H4,30,31,32,33). The van der Waals surface area contributed by atoms with Crippen molar-refractivity contribution in [1.29, 1.82) is 5.26 Å². The fraction of sp³-hybridized carbons (Fsp3) is 0.393. The zero-order valence-electron chi connectivity index (χ0n) is 21.3. The van der Waals surface area contributed by atoms with Crippen LogP contribution in [0.2, 0.25) is 0 Å². The van der Waals surface area contributed by atoms with Crippen molar-refractivity contribution < 1.29 is 18.9 Å². The molecule has 0 aliphatic heterocycles. The molecule has 1 fully saturated rings. The van der Waals surface area contributed by atoms with Crippen LogP contribution in [-0.2, 0) is 11.2 Å². The van der Waals surface area contributed by atoms with Crippen molar-refractivity contribution in [2.24, 2.45) is 5.92 Å². The highest BCUT2D eigenvalue weighted by Gasteiger charge is 2.28. The molecule has 2 unspecified atom stereocenters. The Morgan fingerprint density at radius 1 is 1.08 bits per heavy atom. The lowest BCUT2D eigenvalue weighted by molar-refractivity contribution is 0.0511. The molecule has 194 valence electrons. The molecular weight excluding hydrogens is 470 g/mol. The van der Waals surface area contributed by atoms with E-state index in [1.54, 1.807) is 13.3 Å². The molecule has 0 amide bonds. The smallest absolute Gasteiger partial charge is 0.221 e. The molecule has 4 rings (SSSR count). The molecule has 1 aliphatic carbocycles. The van der Waals surface area contributed by atoms with Crippen molar-refractivity contribution in [3.63, 3.8) is 0 Å². The molecule has 37 heavy (non-hydrogen) atoms. The summed E-state index contributed by atoms with van der Waals surface area (Å²) in [5.74, 6) is 2.99. The summed E-state index contributed by atoms with van der Waals surface area (Å²) in [6.45, 7) is 2.62. The zero-order chi connectivity index (χ0) is 26.2. The first-order valence-corrected chi connectivity index (χ1v) is 12.4. The van der Waals surface area contributed by atoms with Crippen molar-refractivity contribution in [3.05, 3.63) is 53.7 Å². The number of ether oxygens (including phenoxy) is 4. The predicted molar refractivity (Wildman–Crippen MR) is 141 cm³/mol. The van der Waals surface area contributed by atoms with Crippen molar-refractivity contribution >= 4 is 11.8 Å². The van der Waals surface area contributed by atoms with Crippen molar-refractivity contribution in [2.45, 2.75) is 45.1 Å². The van der Waals surface area contributed by atoms with Crippen LogP contribution in [0.15, 0.2) is 42.6 Å². The summed E-state index contributed by atoms with van der Waals surface area (Å²) in [6, 6.07) is 14.1. The number of hydrogen-bond donors (Lipinski definition) is 2. The second-order valence-corrected chi connectivity index (χ2v) is 9.07. The number of rotatable bonds is 11. The molecule has 2 atom stereocenters. The Hall–Kier alpha value is -4.03. The van der Waals surface area contributed by atoms with Gasteiger partial charge in [-0.15, -0.1) is 0 Å². The van der Waals surface area contributed by atoms with E-state index in [4.69, 9.17) is 35.7 Å². The molecule has 2 aromatic carbocycles. The molecule has 9 heteroatoms. The second-order valence-electron chi connectivity index (χ2n) is 9.07. The van der Waals surface area contributed by atoms with Gasteiger partial charge in [0.15, 0.2) is 6.79 Å². The van der Waals surface area contributed by atoms with Gasteiger partial charge in [0.1, 0.15) is 23.1 Å². The average molecular weight is 504 g/mol. The second kappa shape index (κ2) is 12.3. The summed E-state index contributed by atoms with van der Waals surface area (Å²) in [5, 5.41) is 9.13. The molecule has 1 saturated carbocycles. The van der Waals surface area contributed by atoms with Gasteiger partial charge in [0, 0.05) is 31.7 Å². The van der Waals surface area contributed by atoms with E-state index in [-0.39, 0.29) is 18.8 Å². The van der Waals surface area contributed by atoms with Crippen LogP contribution < -0.4 is 25.7 Å². The number of aromatic nitrogens is 2. The van der Waals surface area contributed by atoms with Crippen LogP contribution in [0, 0.1) is 17.2 Å². The summed E-state index contributed by atoms with van der Waals surface area (Å²) >= 11 is 0. The normalized spacial score (nSPS) is 16.8. The van der Waals surface area contributed by atoms with Gasteiger partial charge in [0.25, 0.3) is 0 Å². The van der Waals surface area contributed by atoms with Gasteiger partial charge in [-0.1, -0.05) is 12.1 Å². The summed E-state index contributed by atoms with van der Waals surface area (Å²) in [4.78, 5) is 8.19. The third-order valence-electron chi connectivity index (χ3n) is 6.39. The third-order valence-corrected chi connectivity index (χ3v) is 6.39. The lowest BCUT2D eigenvalue weighted by Gasteiger charge is -2.21. The SMILES string of the molecule is CCOc1cc(Cc2cnc(N)nc2N)cc(OC2CCC(CC#N)C2)c1-c1ccc(OCOC)cc1. The summed E-state index contributed by atoms with van der Waals surface area (Å²) in [7, 11) is 1.59. The van der Waals surface area contributed by atoms with Crippen LogP contribution in [0.3, 0.4) is 0 Å². The maximum absolute atomic E-state index is 9.13. The molecule has 0 bridgehead atoms. The number of nitrogens with zero attached hydrogens (tertiary/aromatic N) is 3. The fourth-order valence-corrected chi connectivity index (χ4v) is 4.66. The highest BCUT2D eigenvalue weighted by molar-refractivity contribution is 5.78. The first-order valence-electron chi connectivity index (χ1n) is 12.4. The zero-order valence-corrected chi connectivity index (χ0v) is 21.3. The van der Waals surface area contributed by atoms with Crippen LogP contribution in [0.25, 0.3) is 11.1 Å². The van der Waals surface area contributed by atoms with E-state index < -0.39 is 0 Å². The Kier molecular flexibility index (Phi) is 8.64. The minimum Gasteiger partial charge on any atom is -0.493 e. The first-order chi connectivity index (χ1) is 18.0. The van der Waals surface area contributed by atoms with Crippen molar-refractivity contribution in [1.82, 2.24) is 9.97 Å². The van der Waals surface area contributed by atoms with Gasteiger partial charge in [0.2, 0.25) is 5.95 Å². The first kappa shape index (κ1) is 26.0. The Morgan fingerprint density at radius 3 is 2.57 bits per heavy atom. The van der Waals surface area contributed by atoms with E-state index >= 15 is 0 Å². The number of nitrogens with two attached hydrogens (primary N) is 2. The monoisotopic (exact) mass is 503 g/mol. The highest BCUT2D eigenvalue weighted by Crippen LogP contribution is 2.43. The minimum atomic E-state index is 0.0241. The molecule has 3 aromatic rings. The van der Waals surface area contributed by atoms with Crippen LogP contribution in [-0.4, -0.2) is 36.6 Å². The molecular formula is C28H33N5O4. The van der Waals surface area contributed by atoms with E-state index in [1.165, 1.54) is 0 Å². The highest BCUT2D eigenvalue weighted by atomic mass is 16.7. The van der Waals surface area contributed by atoms with Crippen LogP contribution in [0.4, 0.5) is 11.8 Å². The lowest BCUT2D eigenvalue weighted by Crippen LogP contribution is -2.14. The van der Waals surface area contributed by atoms with E-state index in [9.17, 15) is 0 Å². The lowest BCUT2D eigenvalue weighted by atomic mass is 9.98. The Balaban J connectivity index is 1.73. The molecule has 1 heterocycles. The number of nitriles is 1. The Labute approximate surface area is 217 Å². The molecule has 0 saturated heterocycles. The van der Waals surface area contributed by atoms with E-state index in [2.05, 4.69) is 16.0 Å². The van der Waals surface area contributed by atoms with Gasteiger partial charge in [0.05, 0.1) is 24.3 Å². The molecule has 1 aliphatic rings. The fourth-order valence-electron chi connectivity index (χ4n) is 4.66. The molecule has 9 nitrogen and oxygen atoms in total. The maximum atomic E-state index is 9.13. The third kappa shape index (κ3) is 6.60. The van der Waals surface area contributed by atoms with Crippen molar-refractivity contribution in [3.8, 4) is 34.4 Å². The maximum Gasteiger partial charge on any atom is 0.221 e. The van der Waals surface area contributed by atoms with Crippen LogP contribution >= 0.6 is 0 Å². The molecule has 0 spiro atoms. The Morgan fingerprint density at radius 2 is 1.86 bits per heavy atom. The van der Waals surface area contributed by atoms with E-state index in [0.717, 1.165) is 47.3 Å². The number of benzene rings is 2. The van der Waals surface area contributed by atoms with E-state index in [1.807, 2.05) is 43.3 Å². The Bertz CT molecular complexity index is 1240. The molecule has 4 N–H and O–H groups in total. The quantitative estimate of drug-likeness (QED) is 0.355.